The average molecular weight is 361 g/mol. The van der Waals surface area contributed by atoms with Crippen molar-refractivity contribution in [3.63, 3.8) is 0 Å². The Morgan fingerprint density at radius 2 is 2.17 bits per heavy atom. The first kappa shape index (κ1) is 16.3. The van der Waals surface area contributed by atoms with Crippen LogP contribution < -0.4 is 0 Å². The van der Waals surface area contributed by atoms with E-state index in [1.165, 1.54) is 25.2 Å². The molecule has 1 aliphatic heterocycles. The van der Waals surface area contributed by atoms with E-state index in [-0.39, 0.29) is 24.5 Å². The monoisotopic (exact) mass is 361 g/mol. The maximum Gasteiger partial charge on any atom is 0.218 e. The third-order valence-electron chi connectivity index (χ3n) is 3.91. The van der Waals surface area contributed by atoms with E-state index in [9.17, 15) is 21.2 Å². The molecule has 126 valence electrons. The number of hydrogen-bond acceptors (Lipinski definition) is 5. The molecule has 0 amide bonds. The molecule has 1 fully saturated rings. The van der Waals surface area contributed by atoms with E-state index in [2.05, 4.69) is 9.97 Å². The van der Waals surface area contributed by atoms with Gasteiger partial charge in [-0.15, -0.1) is 0 Å². The average Bonchev–Trinajstić information content (AvgIpc) is 3.01. The number of aromatic nitrogens is 2. The van der Waals surface area contributed by atoms with E-state index in [4.69, 9.17) is 0 Å². The predicted octanol–water partition coefficient (Wildman–Crippen LogP) is 0.651. The minimum atomic E-state index is -3.73. The Kier molecular flexibility index (Phi) is 3.93. The van der Waals surface area contributed by atoms with Crippen LogP contribution in [0.3, 0.4) is 0 Å². The Morgan fingerprint density at radius 1 is 1.43 bits per heavy atom. The molecule has 10 heteroatoms. The highest BCUT2D eigenvalue weighted by Crippen LogP contribution is 2.22. The number of fused-ring (bicyclic) bond motifs is 1. The zero-order valence-electron chi connectivity index (χ0n) is 12.4. The highest BCUT2D eigenvalue weighted by atomic mass is 32.2. The molecule has 1 aliphatic rings. The molecular weight excluding hydrogens is 345 g/mol. The molecule has 1 unspecified atom stereocenters. The van der Waals surface area contributed by atoms with Crippen LogP contribution in [0.15, 0.2) is 18.2 Å². The number of nitrogens with one attached hydrogen (secondary N) is 1. The van der Waals surface area contributed by atoms with Crippen molar-refractivity contribution in [2.45, 2.75) is 18.2 Å². The molecule has 1 aromatic carbocycles. The molecule has 2 heterocycles. The van der Waals surface area contributed by atoms with Gasteiger partial charge in [-0.3, -0.25) is 0 Å². The standard InChI is InChI=1S/C13H16FN3O4S2/c1-17(23(20,21)10-4-5-22(18,19)8-10)7-13-15-11-3-2-9(14)6-12(11)16-13/h2-3,6,10H,4-5,7-8H2,1H3,(H,15,16). The van der Waals surface area contributed by atoms with Crippen LogP contribution in [0.1, 0.15) is 12.2 Å². The molecular formula is C13H16FN3O4S2. The van der Waals surface area contributed by atoms with Gasteiger partial charge in [0, 0.05) is 7.05 Å². The maximum atomic E-state index is 13.2. The van der Waals surface area contributed by atoms with Gasteiger partial charge in [-0.25, -0.2) is 26.2 Å². The van der Waals surface area contributed by atoms with Gasteiger partial charge in [0.05, 0.1) is 34.3 Å². The van der Waals surface area contributed by atoms with Crippen molar-refractivity contribution in [3.05, 3.63) is 29.8 Å². The molecule has 1 N–H and O–H groups in total. The Morgan fingerprint density at radius 3 is 2.83 bits per heavy atom. The number of sulfonamides is 1. The molecule has 3 rings (SSSR count). The van der Waals surface area contributed by atoms with Crippen LogP contribution in [-0.2, 0) is 26.4 Å². The number of nitrogens with zero attached hydrogens (tertiary/aromatic N) is 2. The number of aromatic amines is 1. The van der Waals surface area contributed by atoms with E-state index >= 15 is 0 Å². The molecule has 0 saturated carbocycles. The zero-order chi connectivity index (χ0) is 16.8. The van der Waals surface area contributed by atoms with Gasteiger partial charge in [0.2, 0.25) is 10.0 Å². The van der Waals surface area contributed by atoms with Crippen LogP contribution in [0, 0.1) is 5.82 Å². The van der Waals surface area contributed by atoms with Crippen LogP contribution in [0.5, 0.6) is 0 Å². The number of halogens is 1. The highest BCUT2D eigenvalue weighted by molar-refractivity contribution is 7.95. The number of imidazole rings is 1. The molecule has 1 atom stereocenters. The maximum absolute atomic E-state index is 13.2. The lowest BCUT2D eigenvalue weighted by Gasteiger charge is -2.19. The SMILES string of the molecule is CN(Cc1nc2ccc(F)cc2[nH]1)S(=O)(=O)C1CCS(=O)(=O)C1. The smallest absolute Gasteiger partial charge is 0.218 e. The van der Waals surface area contributed by atoms with Crippen LogP contribution in [0.2, 0.25) is 0 Å². The number of benzene rings is 1. The summed E-state index contributed by atoms with van der Waals surface area (Å²) in [7, 11) is -5.63. The summed E-state index contributed by atoms with van der Waals surface area (Å²) in [4.78, 5) is 7.09. The zero-order valence-corrected chi connectivity index (χ0v) is 14.0. The molecule has 0 radical (unpaired) electrons. The second kappa shape index (κ2) is 5.53. The van der Waals surface area contributed by atoms with E-state index < -0.39 is 30.9 Å². The van der Waals surface area contributed by atoms with Gasteiger partial charge in [0.25, 0.3) is 0 Å². The number of sulfone groups is 1. The Hall–Kier alpha value is -1.52. The minimum absolute atomic E-state index is 0.0326. The summed E-state index contributed by atoms with van der Waals surface area (Å²) in [6.45, 7) is -0.0326. The summed E-state index contributed by atoms with van der Waals surface area (Å²) in [6.07, 6.45) is 0.111. The van der Waals surface area contributed by atoms with Crippen molar-refractivity contribution in [1.82, 2.24) is 14.3 Å². The second-order valence-corrected chi connectivity index (χ2v) is 10.2. The van der Waals surface area contributed by atoms with Gasteiger partial charge in [0.1, 0.15) is 11.6 Å². The molecule has 0 aliphatic carbocycles. The van der Waals surface area contributed by atoms with Gasteiger partial charge in [-0.2, -0.15) is 4.31 Å². The van der Waals surface area contributed by atoms with Crippen molar-refractivity contribution >= 4 is 30.9 Å². The van der Waals surface area contributed by atoms with Gasteiger partial charge in [-0.05, 0) is 24.6 Å². The summed E-state index contributed by atoms with van der Waals surface area (Å²) < 4.78 is 62.1. The van der Waals surface area contributed by atoms with E-state index in [0.29, 0.717) is 16.9 Å². The first-order chi connectivity index (χ1) is 10.7. The van der Waals surface area contributed by atoms with Crippen molar-refractivity contribution < 1.29 is 21.2 Å². The van der Waals surface area contributed by atoms with Gasteiger partial charge >= 0.3 is 0 Å². The fraction of sp³-hybridized carbons (Fsp3) is 0.462. The Labute approximate surface area is 133 Å². The number of H-pyrrole nitrogens is 1. The van der Waals surface area contributed by atoms with E-state index in [1.54, 1.807) is 0 Å². The van der Waals surface area contributed by atoms with Crippen molar-refractivity contribution in [1.29, 1.82) is 0 Å². The second-order valence-electron chi connectivity index (χ2n) is 5.67. The molecule has 1 saturated heterocycles. The van der Waals surface area contributed by atoms with E-state index in [0.717, 1.165) is 4.31 Å². The van der Waals surface area contributed by atoms with Crippen LogP contribution >= 0.6 is 0 Å². The summed E-state index contributed by atoms with van der Waals surface area (Å²) in [5.74, 6) is -0.484. The van der Waals surface area contributed by atoms with Crippen LogP contribution in [0.4, 0.5) is 4.39 Å². The minimum Gasteiger partial charge on any atom is -0.341 e. The van der Waals surface area contributed by atoms with Crippen molar-refractivity contribution in [3.8, 4) is 0 Å². The molecule has 0 spiro atoms. The third kappa shape index (κ3) is 3.24. The van der Waals surface area contributed by atoms with Crippen molar-refractivity contribution in [2.24, 2.45) is 0 Å². The summed E-state index contributed by atoms with van der Waals surface area (Å²) in [5, 5.41) is -0.917. The lowest BCUT2D eigenvalue weighted by Crippen LogP contribution is -2.36. The van der Waals surface area contributed by atoms with Gasteiger partial charge in [-0.1, -0.05) is 0 Å². The normalized spacial score (nSPS) is 21.3. The van der Waals surface area contributed by atoms with E-state index in [1.807, 2.05) is 0 Å². The third-order valence-corrected chi connectivity index (χ3v) is 8.13. The lowest BCUT2D eigenvalue weighted by molar-refractivity contribution is 0.450. The number of hydrogen-bond donors (Lipinski definition) is 1. The molecule has 23 heavy (non-hydrogen) atoms. The quantitative estimate of drug-likeness (QED) is 0.862. The fourth-order valence-corrected chi connectivity index (χ4v) is 6.89. The van der Waals surface area contributed by atoms with Crippen molar-refractivity contribution in [2.75, 3.05) is 18.6 Å². The molecule has 7 nitrogen and oxygen atoms in total. The van der Waals surface area contributed by atoms with Gasteiger partial charge in [0.15, 0.2) is 9.84 Å². The van der Waals surface area contributed by atoms with Crippen LogP contribution in [0.25, 0.3) is 11.0 Å². The predicted molar refractivity (Wildman–Crippen MR) is 83.5 cm³/mol. The number of rotatable bonds is 4. The molecule has 1 aromatic heterocycles. The van der Waals surface area contributed by atoms with Gasteiger partial charge < -0.3 is 4.98 Å². The Bertz CT molecular complexity index is 953. The largest absolute Gasteiger partial charge is 0.341 e. The van der Waals surface area contributed by atoms with Crippen LogP contribution in [-0.4, -0.2) is 54.9 Å². The summed E-state index contributed by atoms with van der Waals surface area (Å²) in [6, 6.07) is 4.06. The fourth-order valence-electron chi connectivity index (χ4n) is 2.66. The summed E-state index contributed by atoms with van der Waals surface area (Å²) >= 11 is 0. The lowest BCUT2D eigenvalue weighted by atomic mass is 10.3. The topological polar surface area (TPSA) is 100 Å². The molecule has 0 bridgehead atoms. The molecule has 2 aromatic rings. The Balaban J connectivity index is 1.81. The first-order valence-electron chi connectivity index (χ1n) is 6.97. The summed E-state index contributed by atoms with van der Waals surface area (Å²) in [5.41, 5.74) is 1.02. The first-order valence-corrected chi connectivity index (χ1v) is 10.3. The highest BCUT2D eigenvalue weighted by Gasteiger charge is 2.39.